The molecule has 1 fully saturated rings. The highest BCUT2D eigenvalue weighted by atomic mass is 16.5. The first-order chi connectivity index (χ1) is 8.69. The molecule has 2 N–H and O–H groups in total. The fourth-order valence-electron chi connectivity index (χ4n) is 2.20. The molecule has 1 aromatic rings. The molecule has 2 atom stereocenters. The van der Waals surface area contributed by atoms with Gasteiger partial charge in [-0.1, -0.05) is 0 Å². The molecule has 0 spiro atoms. The summed E-state index contributed by atoms with van der Waals surface area (Å²) in [5.74, 6) is 1.54. The van der Waals surface area contributed by atoms with E-state index in [1.807, 2.05) is 19.9 Å². The lowest BCUT2D eigenvalue weighted by molar-refractivity contribution is 0.0995. The van der Waals surface area contributed by atoms with E-state index in [0.29, 0.717) is 12.1 Å². The summed E-state index contributed by atoms with van der Waals surface area (Å²) >= 11 is 0. The van der Waals surface area contributed by atoms with Gasteiger partial charge >= 0.3 is 0 Å². The van der Waals surface area contributed by atoms with Gasteiger partial charge < -0.3 is 15.4 Å². The Balaban J connectivity index is 2.03. The van der Waals surface area contributed by atoms with Crippen molar-refractivity contribution in [3.63, 3.8) is 0 Å². The summed E-state index contributed by atoms with van der Waals surface area (Å²) in [4.78, 5) is 8.78. The molecular weight excluding hydrogens is 228 g/mol. The summed E-state index contributed by atoms with van der Waals surface area (Å²) in [6, 6.07) is 2.24. The molecule has 0 bridgehead atoms. The Bertz CT molecular complexity index is 391. The van der Waals surface area contributed by atoms with Crippen LogP contribution in [-0.4, -0.2) is 35.3 Å². The number of rotatable bonds is 5. The van der Waals surface area contributed by atoms with Gasteiger partial charge in [0.15, 0.2) is 0 Å². The number of ether oxygens (including phenoxy) is 1. The van der Waals surface area contributed by atoms with Gasteiger partial charge in [-0.05, 0) is 33.6 Å². The van der Waals surface area contributed by atoms with Gasteiger partial charge in [0.05, 0.1) is 12.1 Å². The van der Waals surface area contributed by atoms with Crippen molar-refractivity contribution < 1.29 is 4.74 Å². The van der Waals surface area contributed by atoms with E-state index in [9.17, 15) is 0 Å². The second-order valence-corrected chi connectivity index (χ2v) is 4.73. The molecule has 1 saturated heterocycles. The minimum atomic E-state index is 0.274. The number of anilines is 2. The van der Waals surface area contributed by atoms with Crippen molar-refractivity contribution in [3.05, 3.63) is 11.8 Å². The maximum absolute atomic E-state index is 5.67. The number of nitrogens with zero attached hydrogens (tertiary/aromatic N) is 2. The molecular formula is C13H22N4O. The molecule has 2 heterocycles. The Morgan fingerprint density at radius 3 is 3.00 bits per heavy atom. The molecule has 0 aliphatic carbocycles. The van der Waals surface area contributed by atoms with Crippen molar-refractivity contribution >= 4 is 11.8 Å². The van der Waals surface area contributed by atoms with E-state index in [2.05, 4.69) is 27.5 Å². The van der Waals surface area contributed by atoms with Crippen LogP contribution >= 0.6 is 0 Å². The molecule has 0 amide bonds. The van der Waals surface area contributed by atoms with Crippen molar-refractivity contribution in [2.45, 2.75) is 45.8 Å². The average molecular weight is 250 g/mol. The standard InChI is InChI=1S/C13H22N4O/c1-4-14-13-15-9(2)8-12(17-13)16-10(3)11-6-5-7-18-11/h8,10-11H,4-7H2,1-3H3,(H2,14,15,16,17). The number of aryl methyl sites for hydroxylation is 1. The molecule has 0 aromatic carbocycles. The molecule has 100 valence electrons. The maximum Gasteiger partial charge on any atom is 0.224 e. The van der Waals surface area contributed by atoms with E-state index in [0.717, 1.165) is 37.5 Å². The fourth-order valence-corrected chi connectivity index (χ4v) is 2.20. The summed E-state index contributed by atoms with van der Waals surface area (Å²) < 4.78 is 5.67. The third kappa shape index (κ3) is 3.32. The molecule has 5 heteroatoms. The monoisotopic (exact) mass is 250 g/mol. The van der Waals surface area contributed by atoms with E-state index < -0.39 is 0 Å². The lowest BCUT2D eigenvalue weighted by Gasteiger charge is -2.21. The van der Waals surface area contributed by atoms with Crippen LogP contribution in [0.15, 0.2) is 6.07 Å². The second kappa shape index (κ2) is 6.00. The van der Waals surface area contributed by atoms with Gasteiger partial charge in [-0.2, -0.15) is 4.98 Å². The van der Waals surface area contributed by atoms with Crippen molar-refractivity contribution in [3.8, 4) is 0 Å². The summed E-state index contributed by atoms with van der Waals surface area (Å²) in [6.07, 6.45) is 2.57. The number of hydrogen-bond acceptors (Lipinski definition) is 5. The third-order valence-electron chi connectivity index (χ3n) is 3.09. The van der Waals surface area contributed by atoms with Gasteiger partial charge in [-0.3, -0.25) is 0 Å². The molecule has 1 aliphatic rings. The molecule has 5 nitrogen and oxygen atoms in total. The largest absolute Gasteiger partial charge is 0.376 e. The van der Waals surface area contributed by atoms with Gasteiger partial charge in [-0.25, -0.2) is 4.98 Å². The summed E-state index contributed by atoms with van der Waals surface area (Å²) in [7, 11) is 0. The van der Waals surface area contributed by atoms with Crippen LogP contribution in [0.5, 0.6) is 0 Å². The van der Waals surface area contributed by atoms with Crippen LogP contribution in [0.2, 0.25) is 0 Å². The van der Waals surface area contributed by atoms with Crippen LogP contribution in [0, 0.1) is 6.92 Å². The van der Waals surface area contributed by atoms with Crippen LogP contribution in [0.1, 0.15) is 32.4 Å². The van der Waals surface area contributed by atoms with E-state index in [-0.39, 0.29) is 6.04 Å². The van der Waals surface area contributed by atoms with Gasteiger partial charge in [0.1, 0.15) is 5.82 Å². The predicted octanol–water partition coefficient (Wildman–Crippen LogP) is 2.20. The molecule has 0 radical (unpaired) electrons. The minimum Gasteiger partial charge on any atom is -0.376 e. The second-order valence-electron chi connectivity index (χ2n) is 4.73. The number of nitrogens with one attached hydrogen (secondary N) is 2. The van der Waals surface area contributed by atoms with Gasteiger partial charge in [0.2, 0.25) is 5.95 Å². The Morgan fingerprint density at radius 1 is 1.50 bits per heavy atom. The van der Waals surface area contributed by atoms with Crippen molar-refractivity contribution in [2.24, 2.45) is 0 Å². The quantitative estimate of drug-likeness (QED) is 0.839. The highest BCUT2D eigenvalue weighted by Crippen LogP contribution is 2.19. The number of aromatic nitrogens is 2. The third-order valence-corrected chi connectivity index (χ3v) is 3.09. The first-order valence-electron chi connectivity index (χ1n) is 6.66. The van der Waals surface area contributed by atoms with E-state index in [4.69, 9.17) is 4.74 Å². The molecule has 0 saturated carbocycles. The minimum absolute atomic E-state index is 0.274. The molecule has 2 unspecified atom stereocenters. The normalized spacial score (nSPS) is 20.7. The van der Waals surface area contributed by atoms with Crippen molar-refractivity contribution in [1.82, 2.24) is 9.97 Å². The predicted molar refractivity (Wildman–Crippen MR) is 73.0 cm³/mol. The van der Waals surface area contributed by atoms with Crippen LogP contribution in [0.4, 0.5) is 11.8 Å². The van der Waals surface area contributed by atoms with Crippen molar-refractivity contribution in [1.29, 1.82) is 0 Å². The van der Waals surface area contributed by atoms with Crippen LogP contribution in [0.3, 0.4) is 0 Å². The Labute approximate surface area is 108 Å². The van der Waals surface area contributed by atoms with E-state index >= 15 is 0 Å². The van der Waals surface area contributed by atoms with Gasteiger partial charge in [0.25, 0.3) is 0 Å². The molecule has 1 aromatic heterocycles. The first-order valence-corrected chi connectivity index (χ1v) is 6.66. The lowest BCUT2D eigenvalue weighted by atomic mass is 10.1. The molecule has 2 rings (SSSR count). The van der Waals surface area contributed by atoms with E-state index in [1.165, 1.54) is 0 Å². The van der Waals surface area contributed by atoms with Crippen LogP contribution < -0.4 is 10.6 Å². The highest BCUT2D eigenvalue weighted by molar-refractivity contribution is 5.42. The zero-order valence-electron chi connectivity index (χ0n) is 11.4. The smallest absolute Gasteiger partial charge is 0.224 e. The zero-order chi connectivity index (χ0) is 13.0. The van der Waals surface area contributed by atoms with Gasteiger partial charge in [-0.15, -0.1) is 0 Å². The molecule has 18 heavy (non-hydrogen) atoms. The summed E-state index contributed by atoms with van der Waals surface area (Å²) in [5, 5.41) is 6.55. The maximum atomic E-state index is 5.67. The van der Waals surface area contributed by atoms with Crippen LogP contribution in [-0.2, 0) is 4.74 Å². The van der Waals surface area contributed by atoms with Gasteiger partial charge in [0, 0.05) is 24.9 Å². The SMILES string of the molecule is CCNc1nc(C)cc(NC(C)C2CCCO2)n1. The van der Waals surface area contributed by atoms with Crippen molar-refractivity contribution in [2.75, 3.05) is 23.8 Å². The first kappa shape index (κ1) is 13.1. The lowest BCUT2D eigenvalue weighted by Crippen LogP contribution is -2.30. The summed E-state index contributed by atoms with van der Waals surface area (Å²) in [5.41, 5.74) is 0.961. The Morgan fingerprint density at radius 2 is 2.33 bits per heavy atom. The van der Waals surface area contributed by atoms with Crippen LogP contribution in [0.25, 0.3) is 0 Å². The zero-order valence-corrected chi connectivity index (χ0v) is 11.4. The average Bonchev–Trinajstić information content (AvgIpc) is 2.81. The fraction of sp³-hybridized carbons (Fsp3) is 0.692. The number of hydrogen-bond donors (Lipinski definition) is 2. The topological polar surface area (TPSA) is 59.1 Å². The van der Waals surface area contributed by atoms with E-state index in [1.54, 1.807) is 0 Å². The highest BCUT2D eigenvalue weighted by Gasteiger charge is 2.22. The Kier molecular flexibility index (Phi) is 4.36. The summed E-state index contributed by atoms with van der Waals surface area (Å²) in [6.45, 7) is 7.85. The Hall–Kier alpha value is -1.36. The molecule has 1 aliphatic heterocycles.